The minimum Gasteiger partial charge on any atom is -0.303 e. The zero-order valence-corrected chi connectivity index (χ0v) is 10.4. The number of aldehydes is 1. The first-order valence-electron chi connectivity index (χ1n) is 4.67. The summed E-state index contributed by atoms with van der Waals surface area (Å²) in [5.74, 6) is 0. The zero-order valence-electron chi connectivity index (χ0n) is 8.80. The molecule has 0 aliphatic rings. The van der Waals surface area contributed by atoms with Crippen molar-refractivity contribution in [1.29, 1.82) is 0 Å². The Kier molecular flexibility index (Phi) is 3.48. The third-order valence-corrected chi connectivity index (χ3v) is 2.60. The molecule has 2 heteroatoms. The first-order chi connectivity index (χ1) is 6.43. The third-order valence-electron chi connectivity index (χ3n) is 2.14. The van der Waals surface area contributed by atoms with Gasteiger partial charge in [0.05, 0.1) is 0 Å². The van der Waals surface area contributed by atoms with Crippen LogP contribution in [-0.4, -0.2) is 6.29 Å². The molecule has 1 rings (SSSR count). The van der Waals surface area contributed by atoms with E-state index in [1.165, 1.54) is 5.56 Å². The normalized spacial score (nSPS) is 11.4. The molecule has 1 nitrogen and oxygen atoms in total. The third kappa shape index (κ3) is 2.95. The lowest BCUT2D eigenvalue weighted by atomic mass is 9.86. The van der Waals surface area contributed by atoms with Crippen molar-refractivity contribution in [2.45, 2.75) is 32.6 Å². The summed E-state index contributed by atoms with van der Waals surface area (Å²) in [6, 6.07) is 6.19. The van der Waals surface area contributed by atoms with E-state index in [1.807, 2.05) is 6.07 Å². The molecular weight excluding hydrogens is 240 g/mol. The average molecular weight is 255 g/mol. The van der Waals surface area contributed by atoms with Crippen molar-refractivity contribution in [2.24, 2.45) is 0 Å². The predicted molar refractivity (Wildman–Crippen MR) is 62.6 cm³/mol. The van der Waals surface area contributed by atoms with Gasteiger partial charge in [-0.1, -0.05) is 42.8 Å². The molecule has 0 saturated carbocycles. The molecule has 14 heavy (non-hydrogen) atoms. The van der Waals surface area contributed by atoms with Gasteiger partial charge in [0, 0.05) is 10.9 Å². The topological polar surface area (TPSA) is 17.1 Å². The van der Waals surface area contributed by atoms with E-state index in [1.54, 1.807) is 0 Å². The van der Waals surface area contributed by atoms with Crippen LogP contribution >= 0.6 is 15.9 Å². The largest absolute Gasteiger partial charge is 0.303 e. The maximum absolute atomic E-state index is 10.4. The van der Waals surface area contributed by atoms with Crippen molar-refractivity contribution in [3.05, 3.63) is 33.8 Å². The minimum absolute atomic E-state index is 0.126. The monoisotopic (exact) mass is 254 g/mol. The second-order valence-electron chi connectivity index (χ2n) is 4.47. The number of rotatable bonds is 2. The second kappa shape index (κ2) is 4.26. The molecule has 1 aromatic carbocycles. The number of carbonyl (C=O) groups is 1. The van der Waals surface area contributed by atoms with Crippen LogP contribution in [-0.2, 0) is 16.6 Å². The molecule has 0 radical (unpaired) electrons. The van der Waals surface area contributed by atoms with Crippen LogP contribution in [0.4, 0.5) is 0 Å². The first-order valence-corrected chi connectivity index (χ1v) is 5.46. The quantitative estimate of drug-likeness (QED) is 0.739. The first kappa shape index (κ1) is 11.4. The highest BCUT2D eigenvalue weighted by Crippen LogP contribution is 2.26. The fraction of sp³-hybridized carbons (Fsp3) is 0.417. The molecule has 0 bridgehead atoms. The average Bonchev–Trinajstić information content (AvgIpc) is 2.02. The zero-order chi connectivity index (χ0) is 10.8. The Balaban J connectivity index is 3.13. The van der Waals surface area contributed by atoms with Gasteiger partial charge in [-0.05, 0) is 28.7 Å². The lowest BCUT2D eigenvalue weighted by Gasteiger charge is -2.20. The molecule has 1 aromatic rings. The SMILES string of the molecule is CC(C)(C)c1cc(Br)cc(CC=O)c1. The number of hydrogen-bond donors (Lipinski definition) is 0. The van der Waals surface area contributed by atoms with Gasteiger partial charge in [0.2, 0.25) is 0 Å². The summed E-state index contributed by atoms with van der Waals surface area (Å²) in [5, 5.41) is 0. The second-order valence-corrected chi connectivity index (χ2v) is 5.38. The number of carbonyl (C=O) groups excluding carboxylic acids is 1. The highest BCUT2D eigenvalue weighted by molar-refractivity contribution is 9.10. The van der Waals surface area contributed by atoms with Crippen LogP contribution in [0.15, 0.2) is 22.7 Å². The highest BCUT2D eigenvalue weighted by Gasteiger charge is 2.14. The van der Waals surface area contributed by atoms with Crippen molar-refractivity contribution in [1.82, 2.24) is 0 Å². The molecule has 76 valence electrons. The molecule has 0 spiro atoms. The van der Waals surface area contributed by atoms with Gasteiger partial charge >= 0.3 is 0 Å². The van der Waals surface area contributed by atoms with Crippen molar-refractivity contribution in [3.63, 3.8) is 0 Å². The summed E-state index contributed by atoms with van der Waals surface area (Å²) in [4.78, 5) is 10.4. The number of benzene rings is 1. The van der Waals surface area contributed by atoms with Gasteiger partial charge in [-0.25, -0.2) is 0 Å². The maximum atomic E-state index is 10.4. The van der Waals surface area contributed by atoms with E-state index in [0.717, 1.165) is 16.3 Å². The van der Waals surface area contributed by atoms with E-state index in [2.05, 4.69) is 48.8 Å². The van der Waals surface area contributed by atoms with Crippen LogP contribution in [0.1, 0.15) is 31.9 Å². The van der Waals surface area contributed by atoms with Gasteiger partial charge in [-0.2, -0.15) is 0 Å². The highest BCUT2D eigenvalue weighted by atomic mass is 79.9. The summed E-state index contributed by atoms with van der Waals surface area (Å²) in [5.41, 5.74) is 2.45. The molecule has 0 aromatic heterocycles. The Morgan fingerprint density at radius 3 is 2.43 bits per heavy atom. The predicted octanol–water partition coefficient (Wildman–Crippen LogP) is 3.49. The van der Waals surface area contributed by atoms with Crippen LogP contribution in [0.25, 0.3) is 0 Å². The number of halogens is 1. The fourth-order valence-electron chi connectivity index (χ4n) is 1.30. The Bertz CT molecular complexity index is 337. The molecule has 0 fully saturated rings. The maximum Gasteiger partial charge on any atom is 0.124 e. The molecule has 0 amide bonds. The van der Waals surface area contributed by atoms with Gasteiger partial charge in [0.15, 0.2) is 0 Å². The van der Waals surface area contributed by atoms with Gasteiger partial charge in [0.25, 0.3) is 0 Å². The van der Waals surface area contributed by atoms with E-state index < -0.39 is 0 Å². The van der Waals surface area contributed by atoms with Gasteiger partial charge in [-0.3, -0.25) is 0 Å². The van der Waals surface area contributed by atoms with Crippen LogP contribution in [0.5, 0.6) is 0 Å². The van der Waals surface area contributed by atoms with Crippen molar-refractivity contribution in [3.8, 4) is 0 Å². The van der Waals surface area contributed by atoms with Crippen LogP contribution in [0.3, 0.4) is 0 Å². The Hall–Kier alpha value is -0.630. The standard InChI is InChI=1S/C12H15BrO/c1-12(2,3)10-6-9(4-5-14)7-11(13)8-10/h5-8H,4H2,1-3H3. The van der Waals surface area contributed by atoms with E-state index >= 15 is 0 Å². The fourth-order valence-corrected chi connectivity index (χ4v) is 1.84. The molecule has 0 heterocycles. The minimum atomic E-state index is 0.126. The molecular formula is C12H15BrO. The Morgan fingerprint density at radius 1 is 1.29 bits per heavy atom. The number of hydrogen-bond acceptors (Lipinski definition) is 1. The van der Waals surface area contributed by atoms with E-state index in [-0.39, 0.29) is 5.41 Å². The molecule has 0 aliphatic heterocycles. The van der Waals surface area contributed by atoms with Crippen molar-refractivity contribution >= 4 is 22.2 Å². The summed E-state index contributed by atoms with van der Waals surface area (Å²) < 4.78 is 1.04. The van der Waals surface area contributed by atoms with E-state index in [9.17, 15) is 4.79 Å². The Labute approximate surface area is 93.7 Å². The van der Waals surface area contributed by atoms with Gasteiger partial charge in [-0.15, -0.1) is 0 Å². The molecule has 0 N–H and O–H groups in total. The Morgan fingerprint density at radius 2 is 1.93 bits per heavy atom. The summed E-state index contributed by atoms with van der Waals surface area (Å²) >= 11 is 3.46. The molecule has 0 saturated heterocycles. The van der Waals surface area contributed by atoms with Gasteiger partial charge < -0.3 is 4.79 Å². The summed E-state index contributed by atoms with van der Waals surface area (Å²) in [7, 11) is 0. The smallest absolute Gasteiger partial charge is 0.124 e. The van der Waals surface area contributed by atoms with E-state index in [0.29, 0.717) is 6.42 Å². The lowest BCUT2D eigenvalue weighted by Crippen LogP contribution is -2.11. The van der Waals surface area contributed by atoms with Crippen LogP contribution in [0, 0.1) is 0 Å². The summed E-state index contributed by atoms with van der Waals surface area (Å²) in [6.45, 7) is 6.50. The molecule has 0 unspecified atom stereocenters. The van der Waals surface area contributed by atoms with Crippen molar-refractivity contribution in [2.75, 3.05) is 0 Å². The molecule has 0 atom stereocenters. The van der Waals surface area contributed by atoms with Gasteiger partial charge in [0.1, 0.15) is 6.29 Å². The van der Waals surface area contributed by atoms with Crippen molar-refractivity contribution < 1.29 is 4.79 Å². The van der Waals surface area contributed by atoms with Crippen LogP contribution in [0.2, 0.25) is 0 Å². The van der Waals surface area contributed by atoms with E-state index in [4.69, 9.17) is 0 Å². The molecule has 0 aliphatic carbocycles. The lowest BCUT2D eigenvalue weighted by molar-refractivity contribution is -0.107. The summed E-state index contributed by atoms with van der Waals surface area (Å²) in [6.07, 6.45) is 1.43. The van der Waals surface area contributed by atoms with Crippen LogP contribution < -0.4 is 0 Å².